The number of anilines is 2. The number of hydrogen-bond acceptors (Lipinski definition) is 6. The molecule has 1 fully saturated rings. The monoisotopic (exact) mass is 426 g/mol. The van der Waals surface area contributed by atoms with E-state index < -0.39 is 6.09 Å². The van der Waals surface area contributed by atoms with Crippen molar-refractivity contribution in [3.05, 3.63) is 47.7 Å². The first-order valence-electron chi connectivity index (χ1n) is 10.7. The topological polar surface area (TPSA) is 84.0 Å². The van der Waals surface area contributed by atoms with Crippen LogP contribution in [0.25, 0.3) is 0 Å². The van der Waals surface area contributed by atoms with Gasteiger partial charge in [-0.25, -0.2) is 14.6 Å². The molecule has 31 heavy (non-hydrogen) atoms. The molecule has 3 rings (SSSR count). The number of para-hydroxylation sites is 1. The van der Waals surface area contributed by atoms with Crippen LogP contribution in [0.3, 0.4) is 0 Å². The third-order valence-corrected chi connectivity index (χ3v) is 5.20. The summed E-state index contributed by atoms with van der Waals surface area (Å²) in [7, 11) is 0. The summed E-state index contributed by atoms with van der Waals surface area (Å²) in [6, 6.07) is 10.8. The number of piperazine rings is 1. The van der Waals surface area contributed by atoms with E-state index in [4.69, 9.17) is 14.5 Å². The average molecular weight is 427 g/mol. The molecule has 1 saturated heterocycles. The van der Waals surface area contributed by atoms with Crippen LogP contribution in [-0.2, 0) is 4.74 Å². The Morgan fingerprint density at radius 2 is 1.81 bits per heavy atom. The number of hydrogen-bond donors (Lipinski definition) is 1. The van der Waals surface area contributed by atoms with E-state index in [1.54, 1.807) is 29.2 Å². The minimum atomic E-state index is -0.573. The molecule has 0 saturated carbocycles. The van der Waals surface area contributed by atoms with Crippen molar-refractivity contribution in [2.45, 2.75) is 33.6 Å². The lowest BCUT2D eigenvalue weighted by Crippen LogP contribution is -2.49. The van der Waals surface area contributed by atoms with Gasteiger partial charge >= 0.3 is 12.2 Å². The van der Waals surface area contributed by atoms with Gasteiger partial charge in [0.2, 0.25) is 0 Å². The normalized spacial score (nSPS) is 13.6. The van der Waals surface area contributed by atoms with Crippen LogP contribution in [0.2, 0.25) is 0 Å². The number of amides is 2. The SMILES string of the molecule is CCCCOC(=O)N1CCN(c2nc(C)c(C)cc2NC(=O)Oc2ccccc2)CC1. The Morgan fingerprint density at radius 3 is 2.48 bits per heavy atom. The third-order valence-electron chi connectivity index (χ3n) is 5.20. The van der Waals surface area contributed by atoms with Gasteiger partial charge < -0.3 is 19.3 Å². The van der Waals surface area contributed by atoms with Gasteiger partial charge in [0, 0.05) is 31.9 Å². The first kappa shape index (κ1) is 22.4. The molecule has 0 atom stereocenters. The minimum Gasteiger partial charge on any atom is -0.449 e. The van der Waals surface area contributed by atoms with Gasteiger partial charge in [-0.2, -0.15) is 0 Å². The van der Waals surface area contributed by atoms with Gasteiger partial charge in [-0.3, -0.25) is 5.32 Å². The summed E-state index contributed by atoms with van der Waals surface area (Å²) in [5, 5.41) is 2.82. The van der Waals surface area contributed by atoms with Crippen LogP contribution >= 0.6 is 0 Å². The van der Waals surface area contributed by atoms with Crippen molar-refractivity contribution < 1.29 is 19.1 Å². The molecule has 2 heterocycles. The summed E-state index contributed by atoms with van der Waals surface area (Å²) in [5.41, 5.74) is 2.44. The largest absolute Gasteiger partial charge is 0.449 e. The first-order valence-corrected chi connectivity index (χ1v) is 10.7. The Bertz CT molecular complexity index is 896. The Morgan fingerprint density at radius 1 is 1.10 bits per heavy atom. The lowest BCUT2D eigenvalue weighted by Gasteiger charge is -2.35. The molecule has 1 aromatic heterocycles. The van der Waals surface area contributed by atoms with Gasteiger partial charge in [-0.05, 0) is 44.0 Å². The van der Waals surface area contributed by atoms with E-state index in [9.17, 15) is 9.59 Å². The molecule has 8 nitrogen and oxygen atoms in total. The molecular weight excluding hydrogens is 396 g/mol. The van der Waals surface area contributed by atoms with Crippen molar-refractivity contribution in [2.24, 2.45) is 0 Å². The maximum absolute atomic E-state index is 12.4. The summed E-state index contributed by atoms with van der Waals surface area (Å²) in [5.74, 6) is 1.14. The highest BCUT2D eigenvalue weighted by Crippen LogP contribution is 2.28. The van der Waals surface area contributed by atoms with Gasteiger partial charge in [-0.15, -0.1) is 0 Å². The minimum absolute atomic E-state index is 0.272. The van der Waals surface area contributed by atoms with Crippen LogP contribution in [0.1, 0.15) is 31.0 Å². The van der Waals surface area contributed by atoms with Crippen LogP contribution in [0.5, 0.6) is 5.75 Å². The second-order valence-electron chi connectivity index (χ2n) is 7.53. The molecular formula is C23H30N4O4. The van der Waals surface area contributed by atoms with Crippen molar-refractivity contribution in [3.8, 4) is 5.75 Å². The predicted octanol–water partition coefficient (Wildman–Crippen LogP) is 4.37. The fourth-order valence-corrected chi connectivity index (χ4v) is 3.25. The van der Waals surface area contributed by atoms with Crippen LogP contribution in [-0.4, -0.2) is 54.9 Å². The lowest BCUT2D eigenvalue weighted by atomic mass is 10.2. The second-order valence-corrected chi connectivity index (χ2v) is 7.53. The van der Waals surface area contributed by atoms with Crippen molar-refractivity contribution in [1.82, 2.24) is 9.88 Å². The Hall–Kier alpha value is -3.29. The van der Waals surface area contributed by atoms with Crippen LogP contribution < -0.4 is 15.0 Å². The quantitative estimate of drug-likeness (QED) is 0.691. The number of ether oxygens (including phenoxy) is 2. The van der Waals surface area contributed by atoms with E-state index in [0.717, 1.165) is 24.1 Å². The van der Waals surface area contributed by atoms with E-state index in [2.05, 4.69) is 17.1 Å². The lowest BCUT2D eigenvalue weighted by molar-refractivity contribution is 0.0989. The number of aryl methyl sites for hydroxylation is 2. The van der Waals surface area contributed by atoms with Crippen LogP contribution in [0.4, 0.5) is 21.1 Å². The maximum Gasteiger partial charge on any atom is 0.417 e. The van der Waals surface area contributed by atoms with Gasteiger partial charge in [-0.1, -0.05) is 31.5 Å². The molecule has 0 unspecified atom stereocenters. The number of rotatable bonds is 6. The van der Waals surface area contributed by atoms with Gasteiger partial charge in [0.05, 0.1) is 12.3 Å². The van der Waals surface area contributed by atoms with Crippen molar-refractivity contribution in [3.63, 3.8) is 0 Å². The van der Waals surface area contributed by atoms with Gasteiger partial charge in [0.25, 0.3) is 0 Å². The molecule has 1 N–H and O–H groups in total. The highest BCUT2D eigenvalue weighted by molar-refractivity contribution is 5.90. The Labute approximate surface area is 183 Å². The van der Waals surface area contributed by atoms with E-state index in [1.807, 2.05) is 26.0 Å². The molecule has 1 aliphatic rings. The molecule has 0 radical (unpaired) electrons. The standard InChI is InChI=1S/C23H30N4O4/c1-4-5-15-30-23(29)27-13-11-26(12-14-27)21-20(16-17(2)18(3)24-21)25-22(28)31-19-9-7-6-8-10-19/h6-10,16H,4-5,11-15H2,1-3H3,(H,25,28). The van der Waals surface area contributed by atoms with Crippen LogP contribution in [0.15, 0.2) is 36.4 Å². The molecule has 166 valence electrons. The van der Waals surface area contributed by atoms with Crippen molar-refractivity contribution in [2.75, 3.05) is 43.0 Å². The number of pyridine rings is 1. The van der Waals surface area contributed by atoms with E-state index in [-0.39, 0.29) is 6.09 Å². The molecule has 1 aromatic carbocycles. The fraction of sp³-hybridized carbons (Fsp3) is 0.435. The number of carbonyl (C=O) groups excluding carboxylic acids is 2. The molecule has 2 aromatic rings. The third kappa shape index (κ3) is 6.10. The number of carbonyl (C=O) groups is 2. The van der Waals surface area contributed by atoms with E-state index in [0.29, 0.717) is 50.0 Å². The van der Waals surface area contributed by atoms with Crippen molar-refractivity contribution >= 4 is 23.7 Å². The average Bonchev–Trinajstić information content (AvgIpc) is 2.77. The summed E-state index contributed by atoms with van der Waals surface area (Å²) < 4.78 is 10.7. The summed E-state index contributed by atoms with van der Waals surface area (Å²) >= 11 is 0. The maximum atomic E-state index is 12.4. The molecule has 8 heteroatoms. The summed E-state index contributed by atoms with van der Waals surface area (Å²) in [6.07, 6.45) is 1.01. The smallest absolute Gasteiger partial charge is 0.417 e. The Kier molecular flexibility index (Phi) is 7.70. The number of nitrogens with one attached hydrogen (secondary N) is 1. The zero-order chi connectivity index (χ0) is 22.2. The summed E-state index contributed by atoms with van der Waals surface area (Å²) in [6.45, 7) is 8.66. The Balaban J connectivity index is 1.66. The number of unbranched alkanes of at least 4 members (excludes halogenated alkanes) is 1. The number of aromatic nitrogens is 1. The number of benzene rings is 1. The van der Waals surface area contributed by atoms with Crippen molar-refractivity contribution in [1.29, 1.82) is 0 Å². The van der Waals surface area contributed by atoms with E-state index >= 15 is 0 Å². The number of nitrogens with zero attached hydrogens (tertiary/aromatic N) is 3. The predicted molar refractivity (Wildman–Crippen MR) is 120 cm³/mol. The van der Waals surface area contributed by atoms with Gasteiger partial charge in [0.15, 0.2) is 5.82 Å². The molecule has 2 amide bonds. The zero-order valence-electron chi connectivity index (χ0n) is 18.4. The van der Waals surface area contributed by atoms with Gasteiger partial charge in [0.1, 0.15) is 5.75 Å². The highest BCUT2D eigenvalue weighted by atomic mass is 16.6. The van der Waals surface area contributed by atoms with Crippen LogP contribution in [0, 0.1) is 13.8 Å². The van der Waals surface area contributed by atoms with E-state index in [1.165, 1.54) is 0 Å². The first-order chi connectivity index (χ1) is 15.0. The highest BCUT2D eigenvalue weighted by Gasteiger charge is 2.25. The zero-order valence-corrected chi connectivity index (χ0v) is 18.4. The second kappa shape index (κ2) is 10.7. The summed E-state index contributed by atoms with van der Waals surface area (Å²) in [4.78, 5) is 33.1. The molecule has 0 spiro atoms. The fourth-order valence-electron chi connectivity index (χ4n) is 3.25. The molecule has 0 bridgehead atoms. The molecule has 1 aliphatic heterocycles. The molecule has 0 aliphatic carbocycles.